The van der Waals surface area contributed by atoms with Crippen molar-refractivity contribution in [2.45, 2.75) is 59.4 Å². The van der Waals surface area contributed by atoms with Crippen LogP contribution in [0.5, 0.6) is 0 Å². The molecule has 1 aliphatic carbocycles. The van der Waals surface area contributed by atoms with Crippen LogP contribution in [-0.2, 0) is 0 Å². The quantitative estimate of drug-likeness (QED) is 0.778. The van der Waals surface area contributed by atoms with E-state index in [0.29, 0.717) is 6.04 Å². The first kappa shape index (κ1) is 16.2. The molecule has 0 spiro atoms. The molecule has 2 rings (SSSR count). The van der Waals surface area contributed by atoms with Crippen LogP contribution in [0.1, 0.15) is 53.4 Å². The van der Waals surface area contributed by atoms with E-state index in [1.54, 1.807) is 0 Å². The summed E-state index contributed by atoms with van der Waals surface area (Å²) in [6.45, 7) is 11.3. The Balaban J connectivity index is 2.02. The average molecular weight is 288 g/mol. The van der Waals surface area contributed by atoms with Crippen molar-refractivity contribution >= 4 is 11.4 Å². The zero-order chi connectivity index (χ0) is 15.2. The van der Waals surface area contributed by atoms with Gasteiger partial charge >= 0.3 is 0 Å². The number of hydrogen-bond acceptors (Lipinski definition) is 2. The van der Waals surface area contributed by atoms with E-state index in [0.717, 1.165) is 24.9 Å². The molecular weight excluding hydrogens is 256 g/mol. The maximum absolute atomic E-state index is 3.80. The van der Waals surface area contributed by atoms with Crippen molar-refractivity contribution in [2.75, 3.05) is 23.3 Å². The van der Waals surface area contributed by atoms with Gasteiger partial charge in [0.2, 0.25) is 0 Å². The first-order valence-corrected chi connectivity index (χ1v) is 8.77. The standard InChI is InChI=1S/C19H32N2/c1-5-21(6-2)17-13-11-16(12-14-17)20-19-10-8-7-9-18(19)15(3)4/h11-15,18-20H,5-10H2,1-4H3. The van der Waals surface area contributed by atoms with Gasteiger partial charge in [-0.25, -0.2) is 0 Å². The van der Waals surface area contributed by atoms with Crippen LogP contribution in [0, 0.1) is 11.8 Å². The number of anilines is 2. The second kappa shape index (κ2) is 7.72. The lowest BCUT2D eigenvalue weighted by Crippen LogP contribution is -2.35. The number of rotatable bonds is 6. The summed E-state index contributed by atoms with van der Waals surface area (Å²) in [7, 11) is 0. The van der Waals surface area contributed by atoms with Gasteiger partial charge in [0.05, 0.1) is 0 Å². The predicted molar refractivity (Wildman–Crippen MR) is 94.2 cm³/mol. The van der Waals surface area contributed by atoms with Gasteiger partial charge in [-0.15, -0.1) is 0 Å². The molecule has 2 atom stereocenters. The third-order valence-corrected chi connectivity index (χ3v) is 5.02. The second-order valence-corrected chi connectivity index (χ2v) is 6.66. The maximum atomic E-state index is 3.80. The summed E-state index contributed by atoms with van der Waals surface area (Å²) in [6, 6.07) is 9.66. The highest BCUT2D eigenvalue weighted by atomic mass is 15.1. The van der Waals surface area contributed by atoms with Crippen LogP contribution in [0.4, 0.5) is 11.4 Å². The summed E-state index contributed by atoms with van der Waals surface area (Å²) >= 11 is 0. The monoisotopic (exact) mass is 288 g/mol. The minimum Gasteiger partial charge on any atom is -0.382 e. The molecule has 1 aromatic carbocycles. The molecule has 0 amide bonds. The molecule has 0 saturated heterocycles. The lowest BCUT2D eigenvalue weighted by atomic mass is 9.78. The first-order valence-electron chi connectivity index (χ1n) is 8.77. The number of nitrogens with one attached hydrogen (secondary N) is 1. The van der Waals surface area contributed by atoms with Gasteiger partial charge in [0.25, 0.3) is 0 Å². The second-order valence-electron chi connectivity index (χ2n) is 6.66. The fourth-order valence-corrected chi connectivity index (χ4v) is 3.71. The van der Waals surface area contributed by atoms with Gasteiger partial charge in [-0.3, -0.25) is 0 Å². The highest BCUT2D eigenvalue weighted by molar-refractivity contribution is 5.55. The van der Waals surface area contributed by atoms with E-state index in [9.17, 15) is 0 Å². The molecule has 2 nitrogen and oxygen atoms in total. The number of benzene rings is 1. The summed E-state index contributed by atoms with van der Waals surface area (Å²) < 4.78 is 0. The zero-order valence-corrected chi connectivity index (χ0v) is 14.2. The summed E-state index contributed by atoms with van der Waals surface area (Å²) in [6.07, 6.45) is 5.48. The maximum Gasteiger partial charge on any atom is 0.0367 e. The minimum absolute atomic E-state index is 0.651. The molecule has 0 aliphatic heterocycles. The van der Waals surface area contributed by atoms with Crippen molar-refractivity contribution in [3.8, 4) is 0 Å². The van der Waals surface area contributed by atoms with Gasteiger partial charge in [-0.2, -0.15) is 0 Å². The van der Waals surface area contributed by atoms with Crippen LogP contribution >= 0.6 is 0 Å². The fourth-order valence-electron chi connectivity index (χ4n) is 3.71. The smallest absolute Gasteiger partial charge is 0.0367 e. The summed E-state index contributed by atoms with van der Waals surface area (Å²) in [5.74, 6) is 1.60. The van der Waals surface area contributed by atoms with E-state index in [2.05, 4.69) is 62.2 Å². The zero-order valence-electron chi connectivity index (χ0n) is 14.2. The van der Waals surface area contributed by atoms with E-state index >= 15 is 0 Å². The Bertz CT molecular complexity index is 406. The van der Waals surface area contributed by atoms with Crippen molar-refractivity contribution in [1.29, 1.82) is 0 Å². The van der Waals surface area contributed by atoms with E-state index in [1.807, 2.05) is 0 Å². The molecule has 118 valence electrons. The molecule has 0 bridgehead atoms. The van der Waals surface area contributed by atoms with Crippen LogP contribution < -0.4 is 10.2 Å². The van der Waals surface area contributed by atoms with Crippen LogP contribution in [0.3, 0.4) is 0 Å². The highest BCUT2D eigenvalue weighted by Crippen LogP contribution is 2.32. The van der Waals surface area contributed by atoms with E-state index in [-0.39, 0.29) is 0 Å². The van der Waals surface area contributed by atoms with Crippen LogP contribution in [-0.4, -0.2) is 19.1 Å². The van der Waals surface area contributed by atoms with E-state index < -0.39 is 0 Å². The third kappa shape index (κ3) is 4.15. The molecule has 2 heteroatoms. The Kier molecular flexibility index (Phi) is 5.96. The summed E-state index contributed by atoms with van der Waals surface area (Å²) in [5.41, 5.74) is 2.61. The van der Waals surface area contributed by atoms with Gasteiger partial charge in [-0.1, -0.05) is 26.7 Å². The van der Waals surface area contributed by atoms with Crippen molar-refractivity contribution in [2.24, 2.45) is 11.8 Å². The first-order chi connectivity index (χ1) is 10.2. The molecule has 2 unspecified atom stereocenters. The van der Waals surface area contributed by atoms with Gasteiger partial charge < -0.3 is 10.2 Å². The van der Waals surface area contributed by atoms with Gasteiger partial charge in [0, 0.05) is 30.5 Å². The van der Waals surface area contributed by atoms with E-state index in [1.165, 1.54) is 37.1 Å². The molecular formula is C19H32N2. The van der Waals surface area contributed by atoms with Crippen molar-refractivity contribution in [3.05, 3.63) is 24.3 Å². The molecule has 0 radical (unpaired) electrons. The van der Waals surface area contributed by atoms with Crippen molar-refractivity contribution in [1.82, 2.24) is 0 Å². The Hall–Kier alpha value is -1.18. The Morgan fingerprint density at radius 2 is 1.67 bits per heavy atom. The van der Waals surface area contributed by atoms with Crippen molar-refractivity contribution < 1.29 is 0 Å². The molecule has 1 aliphatic rings. The van der Waals surface area contributed by atoms with Crippen LogP contribution in [0.2, 0.25) is 0 Å². The number of hydrogen-bond donors (Lipinski definition) is 1. The van der Waals surface area contributed by atoms with E-state index in [4.69, 9.17) is 0 Å². The molecule has 1 N–H and O–H groups in total. The number of nitrogens with zero attached hydrogens (tertiary/aromatic N) is 1. The Morgan fingerprint density at radius 3 is 2.24 bits per heavy atom. The Morgan fingerprint density at radius 1 is 1.05 bits per heavy atom. The topological polar surface area (TPSA) is 15.3 Å². The molecule has 1 aromatic rings. The molecule has 0 heterocycles. The average Bonchev–Trinajstić information content (AvgIpc) is 2.50. The van der Waals surface area contributed by atoms with Gasteiger partial charge in [0.1, 0.15) is 0 Å². The largest absolute Gasteiger partial charge is 0.382 e. The van der Waals surface area contributed by atoms with Gasteiger partial charge in [-0.05, 0) is 62.8 Å². The van der Waals surface area contributed by atoms with Crippen LogP contribution in [0.25, 0.3) is 0 Å². The molecule has 0 aromatic heterocycles. The summed E-state index contributed by atoms with van der Waals surface area (Å²) in [5, 5.41) is 3.80. The summed E-state index contributed by atoms with van der Waals surface area (Å²) in [4.78, 5) is 2.39. The molecule has 21 heavy (non-hydrogen) atoms. The Labute approximate surface area is 130 Å². The normalized spacial score (nSPS) is 22.3. The molecule has 1 fully saturated rings. The lowest BCUT2D eigenvalue weighted by Gasteiger charge is -2.35. The highest BCUT2D eigenvalue weighted by Gasteiger charge is 2.27. The van der Waals surface area contributed by atoms with Crippen molar-refractivity contribution in [3.63, 3.8) is 0 Å². The lowest BCUT2D eigenvalue weighted by molar-refractivity contribution is 0.254. The minimum atomic E-state index is 0.651. The molecule has 1 saturated carbocycles. The SMILES string of the molecule is CCN(CC)c1ccc(NC2CCCCC2C(C)C)cc1. The fraction of sp³-hybridized carbons (Fsp3) is 0.684. The predicted octanol–water partition coefficient (Wildman–Crippen LogP) is 5.16. The van der Waals surface area contributed by atoms with Gasteiger partial charge in [0.15, 0.2) is 0 Å². The van der Waals surface area contributed by atoms with Crippen LogP contribution in [0.15, 0.2) is 24.3 Å². The third-order valence-electron chi connectivity index (χ3n) is 5.02.